The van der Waals surface area contributed by atoms with Crippen LogP contribution in [-0.4, -0.2) is 0 Å². The zero-order chi connectivity index (χ0) is 36.8. The summed E-state index contributed by atoms with van der Waals surface area (Å²) in [5, 5.41) is 2.28. The SMILES string of the molecule is c1ccc(-c2ccccc2N(c2cccc(-c3cccc4c3oc3ccccc34)c2)c2ccc3c(c2)CC2(c4ccccc4O3)[C@H]3C[C@H]4C[C@H](C[C@H]2C4)C3)cc1. The van der Waals surface area contributed by atoms with Gasteiger partial charge in [-0.1, -0.05) is 115 Å². The highest BCUT2D eigenvalue weighted by Gasteiger charge is 2.59. The van der Waals surface area contributed by atoms with Crippen LogP contribution in [0.5, 0.6) is 11.5 Å². The molecule has 4 fully saturated rings. The van der Waals surface area contributed by atoms with Crippen molar-refractivity contribution < 1.29 is 9.15 Å². The molecule has 3 heteroatoms. The Labute approximate surface area is 328 Å². The molecule has 8 aromatic rings. The summed E-state index contributed by atoms with van der Waals surface area (Å²) in [4.78, 5) is 2.46. The van der Waals surface area contributed by atoms with Crippen LogP contribution in [0.3, 0.4) is 0 Å². The smallest absolute Gasteiger partial charge is 0.143 e. The van der Waals surface area contributed by atoms with Crippen molar-refractivity contribution in [1.29, 1.82) is 0 Å². The van der Waals surface area contributed by atoms with Crippen molar-refractivity contribution in [2.24, 2.45) is 23.7 Å². The lowest BCUT2D eigenvalue weighted by atomic mass is 9.42. The Balaban J connectivity index is 1.04. The predicted molar refractivity (Wildman–Crippen MR) is 228 cm³/mol. The number of nitrogens with zero attached hydrogens (tertiary/aromatic N) is 1. The average molecular weight is 726 g/mol. The minimum Gasteiger partial charge on any atom is -0.457 e. The molecule has 1 aliphatic heterocycles. The second-order valence-electron chi connectivity index (χ2n) is 17.0. The molecule has 4 aliphatic carbocycles. The zero-order valence-corrected chi connectivity index (χ0v) is 31.4. The fourth-order valence-corrected chi connectivity index (χ4v) is 11.9. The van der Waals surface area contributed by atoms with Crippen LogP contribution in [0.4, 0.5) is 17.1 Å². The van der Waals surface area contributed by atoms with Crippen LogP contribution >= 0.6 is 0 Å². The highest BCUT2D eigenvalue weighted by molar-refractivity contribution is 6.09. The molecule has 1 aromatic heterocycles. The van der Waals surface area contributed by atoms with Gasteiger partial charge in [0.2, 0.25) is 0 Å². The molecule has 4 saturated carbocycles. The van der Waals surface area contributed by atoms with E-state index >= 15 is 0 Å². The lowest BCUT2D eigenvalue weighted by molar-refractivity contribution is -0.0609. The van der Waals surface area contributed by atoms with E-state index in [0.29, 0.717) is 11.8 Å². The second kappa shape index (κ2) is 12.5. The number of para-hydroxylation sites is 4. The standard InChI is InChI=1S/C53H43NO2/c1-2-12-36(13-3-1)43-16-4-7-21-48(43)54(41-15-10-14-37(31-41)44-18-11-19-46-45-17-5-8-22-50(45)56-52(44)46)42-24-25-49-38(32-42)33-53(47-20-6-9-23-51(47)55-49)39-27-34-26-35(29-39)30-40(53)28-34/h1-25,31-32,34-35,39-40H,26-30,33H2/t34-,35+,39+,40-,53?. The third-order valence-corrected chi connectivity index (χ3v) is 14.0. The number of anilines is 3. The summed E-state index contributed by atoms with van der Waals surface area (Å²) in [5.74, 6) is 5.25. The number of rotatable bonds is 5. The third kappa shape index (κ3) is 4.89. The number of benzene rings is 7. The van der Waals surface area contributed by atoms with Crippen LogP contribution in [0, 0.1) is 23.7 Å². The van der Waals surface area contributed by atoms with E-state index in [1.807, 2.05) is 6.07 Å². The molecular formula is C53H43NO2. The maximum absolute atomic E-state index is 6.99. The van der Waals surface area contributed by atoms with Gasteiger partial charge in [-0.25, -0.2) is 0 Å². The molecule has 0 saturated heterocycles. The normalized spacial score (nSPS) is 23.1. The van der Waals surface area contributed by atoms with Gasteiger partial charge in [-0.15, -0.1) is 0 Å². The summed E-state index contributed by atoms with van der Waals surface area (Å²) >= 11 is 0. The molecule has 13 rings (SSSR count). The second-order valence-corrected chi connectivity index (χ2v) is 17.0. The molecule has 272 valence electrons. The molecule has 0 amide bonds. The largest absolute Gasteiger partial charge is 0.457 e. The van der Waals surface area contributed by atoms with Gasteiger partial charge in [-0.05, 0) is 127 Å². The molecule has 0 unspecified atom stereocenters. The highest BCUT2D eigenvalue weighted by Crippen LogP contribution is 2.66. The van der Waals surface area contributed by atoms with Crippen molar-refractivity contribution in [1.82, 2.24) is 0 Å². The Morgan fingerprint density at radius 1 is 0.500 bits per heavy atom. The third-order valence-electron chi connectivity index (χ3n) is 14.0. The van der Waals surface area contributed by atoms with Gasteiger partial charge >= 0.3 is 0 Å². The molecule has 4 bridgehead atoms. The summed E-state index contributed by atoms with van der Waals surface area (Å²) < 4.78 is 13.5. The first-order valence-corrected chi connectivity index (χ1v) is 20.6. The Morgan fingerprint density at radius 3 is 2.05 bits per heavy atom. The molecule has 3 nitrogen and oxygen atoms in total. The van der Waals surface area contributed by atoms with E-state index in [1.54, 1.807) is 0 Å². The molecule has 56 heavy (non-hydrogen) atoms. The van der Waals surface area contributed by atoms with Crippen LogP contribution < -0.4 is 9.64 Å². The van der Waals surface area contributed by atoms with E-state index < -0.39 is 0 Å². The number of furan rings is 1. The topological polar surface area (TPSA) is 25.6 Å². The molecule has 0 N–H and O–H groups in total. The van der Waals surface area contributed by atoms with Crippen molar-refractivity contribution in [3.05, 3.63) is 175 Å². The Kier molecular flexibility index (Phi) is 7.18. The van der Waals surface area contributed by atoms with Crippen LogP contribution in [0.2, 0.25) is 0 Å². The molecule has 2 heterocycles. The summed E-state index contributed by atoms with van der Waals surface area (Å²) in [6.07, 6.45) is 7.90. The Bertz CT molecular complexity index is 2770. The fraction of sp³-hybridized carbons (Fsp3) is 0.208. The maximum Gasteiger partial charge on any atom is 0.143 e. The van der Waals surface area contributed by atoms with Gasteiger partial charge in [0, 0.05) is 44.3 Å². The molecule has 5 aliphatic rings. The lowest BCUT2D eigenvalue weighted by Crippen LogP contribution is -2.56. The summed E-state index contributed by atoms with van der Waals surface area (Å²) in [7, 11) is 0. The van der Waals surface area contributed by atoms with Gasteiger partial charge in [0.15, 0.2) is 0 Å². The van der Waals surface area contributed by atoms with Crippen molar-refractivity contribution in [2.45, 2.75) is 43.9 Å². The van der Waals surface area contributed by atoms with Crippen molar-refractivity contribution >= 4 is 39.0 Å². The predicted octanol–water partition coefficient (Wildman–Crippen LogP) is 14.4. The summed E-state index contributed by atoms with van der Waals surface area (Å²) in [6, 6.07) is 59.5. The number of hydrogen-bond acceptors (Lipinski definition) is 3. The molecule has 0 atom stereocenters. The monoisotopic (exact) mass is 725 g/mol. The van der Waals surface area contributed by atoms with Crippen molar-refractivity contribution in [3.63, 3.8) is 0 Å². The van der Waals surface area contributed by atoms with Crippen LogP contribution in [-0.2, 0) is 11.8 Å². The maximum atomic E-state index is 6.99. The highest BCUT2D eigenvalue weighted by atomic mass is 16.5. The van der Waals surface area contributed by atoms with Crippen molar-refractivity contribution in [2.75, 3.05) is 4.90 Å². The van der Waals surface area contributed by atoms with Gasteiger partial charge in [0.1, 0.15) is 22.7 Å². The van der Waals surface area contributed by atoms with Gasteiger partial charge in [0.05, 0.1) is 5.69 Å². The summed E-state index contributed by atoms with van der Waals surface area (Å²) in [6.45, 7) is 0. The van der Waals surface area contributed by atoms with Crippen LogP contribution in [0.1, 0.15) is 43.2 Å². The first-order chi connectivity index (χ1) is 27.7. The van der Waals surface area contributed by atoms with E-state index in [-0.39, 0.29) is 5.41 Å². The van der Waals surface area contributed by atoms with Gasteiger partial charge < -0.3 is 14.1 Å². The van der Waals surface area contributed by atoms with E-state index in [1.165, 1.54) is 54.4 Å². The minimum atomic E-state index is 0.103. The molecule has 1 spiro atoms. The lowest BCUT2D eigenvalue weighted by Gasteiger charge is -2.61. The zero-order valence-electron chi connectivity index (χ0n) is 31.4. The first kappa shape index (κ1) is 32.2. The Hall–Kier alpha value is -6.06. The molecular weight excluding hydrogens is 683 g/mol. The first-order valence-electron chi connectivity index (χ1n) is 20.6. The van der Waals surface area contributed by atoms with E-state index in [4.69, 9.17) is 9.15 Å². The van der Waals surface area contributed by atoms with E-state index in [2.05, 4.69) is 163 Å². The number of ether oxygens (including phenoxy) is 1. The van der Waals surface area contributed by atoms with E-state index in [9.17, 15) is 0 Å². The van der Waals surface area contributed by atoms with Gasteiger partial charge in [-0.2, -0.15) is 0 Å². The average Bonchev–Trinajstić information content (AvgIpc) is 3.56. The van der Waals surface area contributed by atoms with Gasteiger partial charge in [-0.3, -0.25) is 0 Å². The number of hydrogen-bond donors (Lipinski definition) is 0. The van der Waals surface area contributed by atoms with Gasteiger partial charge in [0.25, 0.3) is 0 Å². The molecule has 7 aromatic carbocycles. The Morgan fingerprint density at radius 2 is 1.18 bits per heavy atom. The van der Waals surface area contributed by atoms with Crippen LogP contribution in [0.15, 0.2) is 168 Å². The fourth-order valence-electron chi connectivity index (χ4n) is 11.9. The van der Waals surface area contributed by atoms with Crippen molar-refractivity contribution in [3.8, 4) is 33.8 Å². The molecule has 0 radical (unpaired) electrons. The minimum absolute atomic E-state index is 0.103. The van der Waals surface area contributed by atoms with Crippen LogP contribution in [0.25, 0.3) is 44.2 Å². The quantitative estimate of drug-likeness (QED) is 0.177. The summed E-state index contributed by atoms with van der Waals surface area (Å²) in [5.41, 5.74) is 12.7. The van der Waals surface area contributed by atoms with E-state index in [0.717, 1.165) is 79.9 Å². The number of fused-ring (bicyclic) bond motifs is 5.